The summed E-state index contributed by atoms with van der Waals surface area (Å²) in [5.74, 6) is 1.64. The van der Waals surface area contributed by atoms with E-state index < -0.39 is 0 Å². The van der Waals surface area contributed by atoms with Crippen LogP contribution in [0.15, 0.2) is 170 Å². The third kappa shape index (κ3) is 4.63. The van der Waals surface area contributed by atoms with Gasteiger partial charge in [0.2, 0.25) is 0 Å². The van der Waals surface area contributed by atoms with Gasteiger partial charge in [0, 0.05) is 47.6 Å². The maximum atomic E-state index is 8.98. The van der Waals surface area contributed by atoms with E-state index in [2.05, 4.69) is 66.7 Å². The first-order valence-electron chi connectivity index (χ1n) is 17.5. The fraction of sp³-hybridized carbons (Fsp3) is 0. The molecule has 0 amide bonds. The van der Waals surface area contributed by atoms with E-state index in [1.165, 1.54) is 25.7 Å². The summed E-state index contributed by atoms with van der Waals surface area (Å²) in [6.07, 6.45) is 0. The Morgan fingerprint density at radius 1 is 0.440 bits per heavy atom. The zero-order valence-corrected chi connectivity index (χ0v) is 27.5. The highest BCUT2D eigenvalue weighted by atomic mass is 32.1. The van der Waals surface area contributed by atoms with Crippen molar-refractivity contribution in [1.29, 1.82) is 0 Å². The molecule has 5 heteroatoms. The minimum atomic E-state index is 0.384. The normalized spacial score (nSPS) is 12.2. The van der Waals surface area contributed by atoms with Crippen LogP contribution in [0.1, 0.15) is 2.74 Å². The molecule has 234 valence electrons. The second kappa shape index (κ2) is 11.6. The van der Waals surface area contributed by atoms with Gasteiger partial charge in [-0.25, -0.2) is 15.0 Å². The molecule has 0 radical (unpaired) electrons. The van der Waals surface area contributed by atoms with Crippen LogP contribution in [0.5, 0.6) is 0 Å². The van der Waals surface area contributed by atoms with Gasteiger partial charge in [-0.2, -0.15) is 0 Å². The molecule has 0 aliphatic carbocycles. The summed E-state index contributed by atoms with van der Waals surface area (Å²) >= 11 is 1.82. The average Bonchev–Trinajstić information content (AvgIpc) is 3.76. The zero-order valence-electron chi connectivity index (χ0n) is 28.7. The molecule has 0 saturated heterocycles. The Hall–Kier alpha value is -6.43. The molecule has 3 aromatic heterocycles. The van der Waals surface area contributed by atoms with Crippen LogP contribution in [0.4, 0.5) is 0 Å². The van der Waals surface area contributed by atoms with Crippen molar-refractivity contribution >= 4 is 53.3 Å². The van der Waals surface area contributed by atoms with Crippen LogP contribution in [0.2, 0.25) is 0 Å². The van der Waals surface area contributed by atoms with Crippen LogP contribution in [0.3, 0.4) is 0 Å². The monoisotopic (exact) mass is 658 g/mol. The zero-order chi connectivity index (χ0) is 34.8. The summed E-state index contributed by atoms with van der Waals surface area (Å²) < 4.78 is 22.5. The molecule has 50 heavy (non-hydrogen) atoms. The highest BCUT2D eigenvalue weighted by Crippen LogP contribution is 2.41. The molecule has 0 atom stereocenters. The SMILES string of the molecule is [2H]c1cccc2c3cccc([2H])c3n(-c3ccccc3-c3nc(-c4ccccc4)nc(-c4cccc(-c5cccc6c5sc5ccccc56)c4)n3)c12. The van der Waals surface area contributed by atoms with E-state index in [1.54, 1.807) is 12.1 Å². The summed E-state index contributed by atoms with van der Waals surface area (Å²) in [6.45, 7) is 0. The van der Waals surface area contributed by atoms with Gasteiger partial charge in [0.25, 0.3) is 0 Å². The standard InChI is InChI=1S/C45H28N4S/c1-2-14-29(15-3-1)43-46-44(31-17-12-16-30(28-31)32-22-13-23-36-35-20-7-11-27-41(35)50-42(32)36)48-45(47-43)37-21-6-10-26-40(37)49-38-24-8-4-18-33(38)34-19-5-9-25-39(34)49/h1-28H/i24D,25D. The minimum absolute atomic E-state index is 0.384. The third-order valence-electron chi connectivity index (χ3n) is 9.30. The molecule has 4 nitrogen and oxygen atoms in total. The predicted octanol–water partition coefficient (Wildman–Crippen LogP) is 12.0. The van der Waals surface area contributed by atoms with Crippen molar-refractivity contribution in [3.05, 3.63) is 170 Å². The second-order valence-electron chi connectivity index (χ2n) is 12.3. The lowest BCUT2D eigenvalue weighted by atomic mass is 10.0. The summed E-state index contributed by atoms with van der Waals surface area (Å²) in [7, 11) is 0. The molecule has 7 aromatic carbocycles. The van der Waals surface area contributed by atoms with Gasteiger partial charge in [-0.1, -0.05) is 133 Å². The van der Waals surface area contributed by atoms with E-state index in [4.69, 9.17) is 17.7 Å². The van der Waals surface area contributed by atoms with Crippen molar-refractivity contribution < 1.29 is 2.74 Å². The molecule has 0 spiro atoms. The van der Waals surface area contributed by atoms with Gasteiger partial charge in [0.1, 0.15) is 0 Å². The first-order chi connectivity index (χ1) is 25.6. The first kappa shape index (κ1) is 26.5. The molecule has 0 fully saturated rings. The van der Waals surface area contributed by atoms with Crippen LogP contribution >= 0.6 is 11.3 Å². The van der Waals surface area contributed by atoms with E-state index in [0.29, 0.717) is 29.6 Å². The fourth-order valence-corrected chi connectivity index (χ4v) is 8.25. The van der Waals surface area contributed by atoms with Crippen molar-refractivity contribution in [1.82, 2.24) is 19.5 Å². The Balaban J connectivity index is 1.20. The Kier molecular flexibility index (Phi) is 6.16. The summed E-state index contributed by atoms with van der Waals surface area (Å²) in [4.78, 5) is 15.3. The molecule has 0 bridgehead atoms. The van der Waals surface area contributed by atoms with E-state index in [-0.39, 0.29) is 0 Å². The van der Waals surface area contributed by atoms with Crippen LogP contribution in [-0.2, 0) is 0 Å². The minimum Gasteiger partial charge on any atom is -0.309 e. The number of aromatic nitrogens is 4. The largest absolute Gasteiger partial charge is 0.309 e. The lowest BCUT2D eigenvalue weighted by Gasteiger charge is -2.14. The van der Waals surface area contributed by atoms with Crippen molar-refractivity contribution in [3.8, 4) is 51.0 Å². The summed E-state index contributed by atoms with van der Waals surface area (Å²) in [5.41, 5.74) is 7.09. The highest BCUT2D eigenvalue weighted by molar-refractivity contribution is 7.26. The van der Waals surface area contributed by atoms with Crippen molar-refractivity contribution in [2.45, 2.75) is 0 Å². The van der Waals surface area contributed by atoms with Gasteiger partial charge in [0.05, 0.1) is 19.5 Å². The first-order valence-corrected chi connectivity index (χ1v) is 17.4. The van der Waals surface area contributed by atoms with E-state index in [9.17, 15) is 0 Å². The molecule has 0 aliphatic heterocycles. The van der Waals surface area contributed by atoms with E-state index in [1.807, 2.05) is 94.8 Å². The average molecular weight is 659 g/mol. The number of rotatable bonds is 5. The van der Waals surface area contributed by atoms with Gasteiger partial charge in [-0.15, -0.1) is 11.3 Å². The number of benzene rings is 7. The molecule has 10 aromatic rings. The smallest absolute Gasteiger partial charge is 0.166 e. The van der Waals surface area contributed by atoms with Crippen molar-refractivity contribution in [3.63, 3.8) is 0 Å². The molecule has 0 aliphatic rings. The Morgan fingerprint density at radius 3 is 1.82 bits per heavy atom. The van der Waals surface area contributed by atoms with Gasteiger partial charge in [-0.05, 0) is 47.5 Å². The van der Waals surface area contributed by atoms with E-state index >= 15 is 0 Å². The number of thiophene rings is 1. The maximum absolute atomic E-state index is 8.98. The molecular formula is C45H28N4S. The van der Waals surface area contributed by atoms with Gasteiger partial charge < -0.3 is 4.57 Å². The Labute approximate surface area is 295 Å². The molecule has 0 N–H and O–H groups in total. The lowest BCUT2D eigenvalue weighted by Crippen LogP contribution is -2.03. The number of hydrogen-bond acceptors (Lipinski definition) is 4. The highest BCUT2D eigenvalue weighted by Gasteiger charge is 2.19. The maximum Gasteiger partial charge on any atom is 0.166 e. The number of fused-ring (bicyclic) bond motifs is 6. The molecule has 3 heterocycles. The number of hydrogen-bond donors (Lipinski definition) is 0. The second-order valence-corrected chi connectivity index (χ2v) is 13.3. The Bertz CT molecular complexity index is 2940. The summed E-state index contributed by atoms with van der Waals surface area (Å²) in [5, 5.41) is 4.38. The Morgan fingerprint density at radius 2 is 1.00 bits per heavy atom. The third-order valence-corrected chi connectivity index (χ3v) is 10.5. The summed E-state index contributed by atoms with van der Waals surface area (Å²) in [6, 6.07) is 53.7. The lowest BCUT2D eigenvalue weighted by molar-refractivity contribution is 1.06. The fourth-order valence-electron chi connectivity index (χ4n) is 7.01. The topological polar surface area (TPSA) is 43.6 Å². The van der Waals surface area contributed by atoms with Gasteiger partial charge >= 0.3 is 0 Å². The van der Waals surface area contributed by atoms with Crippen molar-refractivity contribution in [2.75, 3.05) is 0 Å². The van der Waals surface area contributed by atoms with Crippen molar-refractivity contribution in [2.24, 2.45) is 0 Å². The molecule has 0 saturated carbocycles. The quantitative estimate of drug-likeness (QED) is 0.185. The van der Waals surface area contributed by atoms with Crippen LogP contribution < -0.4 is 0 Å². The number of para-hydroxylation sites is 3. The van der Waals surface area contributed by atoms with Crippen LogP contribution in [-0.4, -0.2) is 19.5 Å². The number of nitrogens with zero attached hydrogens (tertiary/aromatic N) is 4. The molecule has 0 unspecified atom stereocenters. The van der Waals surface area contributed by atoms with Crippen LogP contribution in [0.25, 0.3) is 93.0 Å². The van der Waals surface area contributed by atoms with Gasteiger partial charge in [-0.3, -0.25) is 0 Å². The molecule has 10 rings (SSSR count). The molecular weight excluding hydrogens is 629 g/mol. The van der Waals surface area contributed by atoms with Crippen LogP contribution in [0, 0.1) is 0 Å². The van der Waals surface area contributed by atoms with Gasteiger partial charge in [0.15, 0.2) is 17.5 Å². The van der Waals surface area contributed by atoms with E-state index in [0.717, 1.165) is 49.7 Å². The predicted molar refractivity (Wildman–Crippen MR) is 209 cm³/mol.